The molecule has 0 bridgehead atoms. The van der Waals surface area contributed by atoms with Crippen LogP contribution in [0, 0.1) is 5.82 Å². The first-order chi connectivity index (χ1) is 12.3. The van der Waals surface area contributed by atoms with E-state index in [9.17, 15) is 4.39 Å². The summed E-state index contributed by atoms with van der Waals surface area (Å²) in [6.07, 6.45) is 1.80. The van der Waals surface area contributed by atoms with E-state index < -0.39 is 0 Å². The van der Waals surface area contributed by atoms with E-state index in [0.29, 0.717) is 13.2 Å². The van der Waals surface area contributed by atoms with Gasteiger partial charge in [0.25, 0.3) is 0 Å². The van der Waals surface area contributed by atoms with Gasteiger partial charge in [0.15, 0.2) is 0 Å². The third-order valence-corrected chi connectivity index (χ3v) is 3.99. The Morgan fingerprint density at radius 1 is 1.00 bits per heavy atom. The summed E-state index contributed by atoms with van der Waals surface area (Å²) >= 11 is 0. The second-order valence-electron chi connectivity index (χ2n) is 5.83. The fraction of sp³-hybridized carbons (Fsp3) is 0.250. The van der Waals surface area contributed by atoms with Crippen LogP contribution in [0.3, 0.4) is 0 Å². The Hall–Kier alpha value is -2.50. The Kier molecular flexibility index (Phi) is 5.93. The van der Waals surface area contributed by atoms with E-state index in [4.69, 9.17) is 4.74 Å². The number of nitrogens with zero attached hydrogens (tertiary/aromatic N) is 1. The van der Waals surface area contributed by atoms with Crippen molar-refractivity contribution >= 4 is 0 Å². The number of aromatic nitrogens is 2. The zero-order valence-electron chi connectivity index (χ0n) is 14.3. The van der Waals surface area contributed by atoms with E-state index in [-0.39, 0.29) is 5.82 Å². The van der Waals surface area contributed by atoms with Crippen LogP contribution in [0.2, 0.25) is 0 Å². The van der Waals surface area contributed by atoms with Crippen LogP contribution < -0.4 is 5.32 Å². The van der Waals surface area contributed by atoms with Crippen LogP contribution >= 0.6 is 0 Å². The zero-order valence-corrected chi connectivity index (χ0v) is 14.3. The lowest BCUT2D eigenvalue weighted by Gasteiger charge is -2.07. The van der Waals surface area contributed by atoms with Crippen LogP contribution in [0.4, 0.5) is 4.39 Å². The van der Waals surface area contributed by atoms with Crippen molar-refractivity contribution in [1.82, 2.24) is 15.5 Å². The summed E-state index contributed by atoms with van der Waals surface area (Å²) in [5.41, 5.74) is 5.29. The lowest BCUT2D eigenvalue weighted by molar-refractivity contribution is 0.134. The van der Waals surface area contributed by atoms with Gasteiger partial charge >= 0.3 is 0 Å². The first-order valence-corrected chi connectivity index (χ1v) is 8.40. The van der Waals surface area contributed by atoms with E-state index in [0.717, 1.165) is 30.0 Å². The monoisotopic (exact) mass is 339 g/mol. The van der Waals surface area contributed by atoms with Crippen molar-refractivity contribution in [2.24, 2.45) is 0 Å². The number of ether oxygens (including phenoxy) is 1. The number of hydrogen-bond acceptors (Lipinski definition) is 3. The molecule has 130 valence electrons. The van der Waals surface area contributed by atoms with Gasteiger partial charge < -0.3 is 10.1 Å². The topological polar surface area (TPSA) is 49.9 Å². The molecule has 0 aliphatic heterocycles. The number of halogens is 1. The molecule has 1 aromatic heterocycles. The van der Waals surface area contributed by atoms with Crippen LogP contribution in [0.15, 0.2) is 54.7 Å². The molecule has 5 heteroatoms. The molecular weight excluding hydrogens is 317 g/mol. The molecule has 2 N–H and O–H groups in total. The largest absolute Gasteiger partial charge is 0.377 e. The summed E-state index contributed by atoms with van der Waals surface area (Å²) < 4.78 is 18.5. The van der Waals surface area contributed by atoms with Gasteiger partial charge in [-0.2, -0.15) is 5.10 Å². The van der Waals surface area contributed by atoms with Crippen LogP contribution in [0.5, 0.6) is 0 Å². The molecule has 3 aromatic rings. The molecule has 0 aliphatic rings. The predicted molar refractivity (Wildman–Crippen MR) is 96.3 cm³/mol. The number of nitrogens with one attached hydrogen (secondary N) is 2. The van der Waals surface area contributed by atoms with E-state index >= 15 is 0 Å². The average Bonchev–Trinajstić information content (AvgIpc) is 3.10. The minimum absolute atomic E-state index is 0.240. The number of rotatable bonds is 8. The number of H-pyrrole nitrogens is 1. The fourth-order valence-electron chi connectivity index (χ4n) is 2.63. The first kappa shape index (κ1) is 17.3. The van der Waals surface area contributed by atoms with E-state index in [1.807, 2.05) is 6.92 Å². The summed E-state index contributed by atoms with van der Waals surface area (Å²) in [6.45, 7) is 4.83. The Morgan fingerprint density at radius 2 is 1.72 bits per heavy atom. The van der Waals surface area contributed by atoms with Crippen molar-refractivity contribution in [2.75, 3.05) is 6.61 Å². The summed E-state index contributed by atoms with van der Waals surface area (Å²) in [6, 6.07) is 14.8. The number of aromatic amines is 1. The Labute approximate surface area is 147 Å². The van der Waals surface area contributed by atoms with Gasteiger partial charge in [-0.15, -0.1) is 0 Å². The van der Waals surface area contributed by atoms with Crippen molar-refractivity contribution < 1.29 is 9.13 Å². The number of benzene rings is 2. The van der Waals surface area contributed by atoms with Crippen molar-refractivity contribution in [3.63, 3.8) is 0 Å². The van der Waals surface area contributed by atoms with Gasteiger partial charge in [0, 0.05) is 30.8 Å². The normalized spacial score (nSPS) is 11.0. The van der Waals surface area contributed by atoms with Gasteiger partial charge in [0.2, 0.25) is 0 Å². The average molecular weight is 339 g/mol. The number of hydrogen-bond donors (Lipinski definition) is 2. The highest BCUT2D eigenvalue weighted by atomic mass is 19.1. The third-order valence-electron chi connectivity index (χ3n) is 3.99. The Bertz CT molecular complexity index is 781. The van der Waals surface area contributed by atoms with Gasteiger partial charge in [-0.1, -0.05) is 24.3 Å². The third kappa shape index (κ3) is 4.75. The highest BCUT2D eigenvalue weighted by Crippen LogP contribution is 2.21. The molecule has 0 fully saturated rings. The van der Waals surface area contributed by atoms with Crippen LogP contribution in [-0.2, 0) is 24.4 Å². The van der Waals surface area contributed by atoms with Crippen molar-refractivity contribution in [3.8, 4) is 11.3 Å². The van der Waals surface area contributed by atoms with Gasteiger partial charge in [0.1, 0.15) is 5.82 Å². The van der Waals surface area contributed by atoms with Crippen molar-refractivity contribution in [2.45, 2.75) is 26.6 Å². The van der Waals surface area contributed by atoms with Crippen LogP contribution in [0.25, 0.3) is 11.3 Å². The summed E-state index contributed by atoms with van der Waals surface area (Å²) in [7, 11) is 0. The SMILES string of the molecule is CCOCc1ccc(CNCc2cn[nH]c2-c2ccc(F)cc2)cc1. The smallest absolute Gasteiger partial charge is 0.123 e. The fourth-order valence-corrected chi connectivity index (χ4v) is 2.63. The van der Waals surface area contributed by atoms with E-state index in [2.05, 4.69) is 39.8 Å². The molecule has 0 atom stereocenters. The van der Waals surface area contributed by atoms with Gasteiger partial charge in [-0.3, -0.25) is 5.10 Å². The summed E-state index contributed by atoms with van der Waals surface area (Å²) in [5.74, 6) is -0.240. The maximum absolute atomic E-state index is 13.1. The molecule has 4 nitrogen and oxygen atoms in total. The minimum Gasteiger partial charge on any atom is -0.377 e. The van der Waals surface area contributed by atoms with E-state index in [1.165, 1.54) is 23.3 Å². The van der Waals surface area contributed by atoms with Gasteiger partial charge in [-0.25, -0.2) is 4.39 Å². The Morgan fingerprint density at radius 3 is 2.44 bits per heavy atom. The molecule has 0 radical (unpaired) electrons. The molecule has 2 aromatic carbocycles. The molecule has 0 saturated heterocycles. The molecule has 0 saturated carbocycles. The second kappa shape index (κ2) is 8.55. The first-order valence-electron chi connectivity index (χ1n) is 8.40. The van der Waals surface area contributed by atoms with Gasteiger partial charge in [0.05, 0.1) is 18.5 Å². The predicted octanol–water partition coefficient (Wildman–Crippen LogP) is 4.04. The van der Waals surface area contributed by atoms with Crippen molar-refractivity contribution in [3.05, 3.63) is 77.2 Å². The lowest BCUT2D eigenvalue weighted by Crippen LogP contribution is -2.12. The maximum Gasteiger partial charge on any atom is 0.123 e. The zero-order chi connectivity index (χ0) is 17.5. The second-order valence-corrected chi connectivity index (χ2v) is 5.83. The molecular formula is C20H22FN3O. The molecule has 25 heavy (non-hydrogen) atoms. The van der Waals surface area contributed by atoms with Crippen LogP contribution in [-0.4, -0.2) is 16.8 Å². The molecule has 0 spiro atoms. The molecule has 1 heterocycles. The quantitative estimate of drug-likeness (QED) is 0.651. The molecule has 0 aliphatic carbocycles. The van der Waals surface area contributed by atoms with Crippen molar-refractivity contribution in [1.29, 1.82) is 0 Å². The van der Waals surface area contributed by atoms with Gasteiger partial charge in [-0.05, 0) is 42.3 Å². The maximum atomic E-state index is 13.1. The van der Waals surface area contributed by atoms with Crippen LogP contribution in [0.1, 0.15) is 23.6 Å². The molecule has 3 rings (SSSR count). The standard InChI is InChI=1S/C20H22FN3O/c1-2-25-14-16-5-3-15(4-6-16)11-22-12-18-13-23-24-20(18)17-7-9-19(21)10-8-17/h3-10,13,22H,2,11-12,14H2,1H3,(H,23,24). The Balaban J connectivity index is 1.56. The molecule has 0 unspecified atom stereocenters. The highest BCUT2D eigenvalue weighted by molar-refractivity contribution is 5.62. The highest BCUT2D eigenvalue weighted by Gasteiger charge is 2.07. The minimum atomic E-state index is -0.240. The molecule has 0 amide bonds. The van der Waals surface area contributed by atoms with E-state index in [1.54, 1.807) is 18.3 Å². The summed E-state index contributed by atoms with van der Waals surface area (Å²) in [4.78, 5) is 0. The summed E-state index contributed by atoms with van der Waals surface area (Å²) in [5, 5.41) is 10.5. The lowest BCUT2D eigenvalue weighted by atomic mass is 10.1.